The highest BCUT2D eigenvalue weighted by Crippen LogP contribution is 2.43. The van der Waals surface area contributed by atoms with Crippen LogP contribution >= 0.6 is 23.1 Å². The van der Waals surface area contributed by atoms with Gasteiger partial charge in [-0.25, -0.2) is 15.0 Å². The van der Waals surface area contributed by atoms with E-state index >= 15 is 0 Å². The maximum absolute atomic E-state index is 6.20. The molecule has 1 aliphatic heterocycles. The zero-order valence-electron chi connectivity index (χ0n) is 19.6. The molecule has 0 amide bonds. The number of pyridine rings is 1. The van der Waals surface area contributed by atoms with Crippen molar-refractivity contribution < 1.29 is 4.74 Å². The summed E-state index contributed by atoms with van der Waals surface area (Å²) in [5, 5.41) is 2.36. The van der Waals surface area contributed by atoms with Crippen molar-refractivity contribution in [1.82, 2.24) is 15.0 Å². The van der Waals surface area contributed by atoms with Crippen LogP contribution in [0.25, 0.3) is 20.4 Å². The average molecular weight is 458 g/mol. The molecule has 4 nitrogen and oxygen atoms in total. The monoisotopic (exact) mass is 457 g/mol. The van der Waals surface area contributed by atoms with Crippen LogP contribution < -0.4 is 0 Å². The van der Waals surface area contributed by atoms with Gasteiger partial charge in [-0.2, -0.15) is 0 Å². The highest BCUT2D eigenvalue weighted by Gasteiger charge is 2.31. The molecule has 4 rings (SSSR count). The quantitative estimate of drug-likeness (QED) is 0.191. The minimum Gasteiger partial charge on any atom is -0.370 e. The van der Waals surface area contributed by atoms with Crippen LogP contribution in [0.5, 0.6) is 0 Å². The molecule has 0 N–H and O–H groups in total. The van der Waals surface area contributed by atoms with Gasteiger partial charge in [0.2, 0.25) is 0 Å². The standard InChI is InChI=1S/C25H35N3OS2/c1-6-7-8-9-10-11-30-24-22-21(26-15-27-24)20-17-13-25(4,5)29-14-18(17)19(12-16(2)3)28-23(20)31-22/h15-16H,6-14H2,1-5H3. The first-order valence-electron chi connectivity index (χ1n) is 11.7. The molecule has 0 fully saturated rings. The van der Waals surface area contributed by atoms with Crippen molar-refractivity contribution in [2.45, 2.75) is 96.8 Å². The predicted molar refractivity (Wildman–Crippen MR) is 133 cm³/mol. The van der Waals surface area contributed by atoms with Crippen LogP contribution in [0, 0.1) is 5.92 Å². The van der Waals surface area contributed by atoms with E-state index in [1.807, 2.05) is 11.8 Å². The van der Waals surface area contributed by atoms with Crippen molar-refractivity contribution in [2.24, 2.45) is 5.92 Å². The Balaban J connectivity index is 1.73. The molecule has 0 saturated heterocycles. The number of thioether (sulfide) groups is 1. The smallest absolute Gasteiger partial charge is 0.126 e. The minimum absolute atomic E-state index is 0.159. The Morgan fingerprint density at radius 1 is 1.13 bits per heavy atom. The number of rotatable bonds is 9. The fourth-order valence-electron chi connectivity index (χ4n) is 4.39. The average Bonchev–Trinajstić information content (AvgIpc) is 3.08. The molecule has 0 aromatic carbocycles. The Hall–Kier alpha value is -1.24. The van der Waals surface area contributed by atoms with Crippen LogP contribution in [0.3, 0.4) is 0 Å². The van der Waals surface area contributed by atoms with Gasteiger partial charge >= 0.3 is 0 Å². The van der Waals surface area contributed by atoms with Crippen molar-refractivity contribution in [2.75, 3.05) is 5.75 Å². The first kappa shape index (κ1) is 22.9. The number of hydrogen-bond donors (Lipinski definition) is 0. The van der Waals surface area contributed by atoms with E-state index in [-0.39, 0.29) is 5.60 Å². The van der Waals surface area contributed by atoms with Crippen LogP contribution in [-0.2, 0) is 24.2 Å². The first-order valence-corrected chi connectivity index (χ1v) is 13.5. The third-order valence-corrected chi connectivity index (χ3v) is 8.25. The molecule has 0 spiro atoms. The molecule has 1 aliphatic rings. The molecule has 3 aromatic heterocycles. The maximum Gasteiger partial charge on any atom is 0.126 e. The lowest BCUT2D eigenvalue weighted by Crippen LogP contribution is -2.33. The molecular weight excluding hydrogens is 422 g/mol. The van der Waals surface area contributed by atoms with Gasteiger partial charge in [-0.15, -0.1) is 23.1 Å². The number of unbranched alkanes of at least 4 members (excludes halogenated alkanes) is 4. The van der Waals surface area contributed by atoms with E-state index in [0.29, 0.717) is 12.5 Å². The van der Waals surface area contributed by atoms with Gasteiger partial charge in [-0.1, -0.05) is 46.5 Å². The fourth-order valence-corrected chi connectivity index (χ4v) is 6.64. The number of fused-ring (bicyclic) bond motifs is 5. The second-order valence-electron chi connectivity index (χ2n) is 9.74. The predicted octanol–water partition coefficient (Wildman–Crippen LogP) is 7.35. The normalized spacial score (nSPS) is 15.8. The summed E-state index contributed by atoms with van der Waals surface area (Å²) in [6, 6.07) is 0. The summed E-state index contributed by atoms with van der Waals surface area (Å²) in [6.07, 6.45) is 10.2. The lowest BCUT2D eigenvalue weighted by atomic mass is 9.88. The highest BCUT2D eigenvalue weighted by atomic mass is 32.2. The molecular formula is C25H35N3OS2. The third-order valence-electron chi connectivity index (χ3n) is 5.97. The van der Waals surface area contributed by atoms with Crippen molar-refractivity contribution in [3.63, 3.8) is 0 Å². The second-order valence-corrected chi connectivity index (χ2v) is 11.8. The molecule has 4 heterocycles. The lowest BCUT2D eigenvalue weighted by Gasteiger charge is -2.33. The summed E-state index contributed by atoms with van der Waals surface area (Å²) in [7, 11) is 0. The van der Waals surface area contributed by atoms with E-state index < -0.39 is 0 Å². The molecule has 0 bridgehead atoms. The molecule has 0 unspecified atom stereocenters. The molecule has 0 atom stereocenters. The molecule has 168 valence electrons. The van der Waals surface area contributed by atoms with Gasteiger partial charge in [0, 0.05) is 23.1 Å². The third kappa shape index (κ3) is 5.07. The van der Waals surface area contributed by atoms with Crippen LogP contribution in [0.1, 0.15) is 83.5 Å². The Morgan fingerprint density at radius 3 is 2.71 bits per heavy atom. The van der Waals surface area contributed by atoms with Gasteiger partial charge in [0.25, 0.3) is 0 Å². The molecule has 0 saturated carbocycles. The van der Waals surface area contributed by atoms with Crippen molar-refractivity contribution >= 4 is 43.5 Å². The minimum atomic E-state index is -0.159. The summed E-state index contributed by atoms with van der Waals surface area (Å²) in [5.41, 5.74) is 4.83. The molecule has 0 aliphatic carbocycles. The highest BCUT2D eigenvalue weighted by molar-refractivity contribution is 7.99. The number of nitrogens with zero attached hydrogens (tertiary/aromatic N) is 3. The van der Waals surface area contributed by atoms with Crippen LogP contribution in [-0.4, -0.2) is 26.3 Å². The van der Waals surface area contributed by atoms with Gasteiger partial charge in [-0.3, -0.25) is 0 Å². The van der Waals surface area contributed by atoms with Crippen molar-refractivity contribution in [3.05, 3.63) is 23.1 Å². The summed E-state index contributed by atoms with van der Waals surface area (Å²) in [6.45, 7) is 11.8. The number of hydrogen-bond acceptors (Lipinski definition) is 6. The Morgan fingerprint density at radius 2 is 1.94 bits per heavy atom. The van der Waals surface area contributed by atoms with Crippen LogP contribution in [0.4, 0.5) is 0 Å². The summed E-state index contributed by atoms with van der Waals surface area (Å²) >= 11 is 3.66. The van der Waals surface area contributed by atoms with E-state index in [1.165, 1.54) is 59.0 Å². The summed E-state index contributed by atoms with van der Waals surface area (Å²) < 4.78 is 7.40. The number of thiophene rings is 1. The zero-order valence-corrected chi connectivity index (χ0v) is 21.2. The van der Waals surface area contributed by atoms with Gasteiger partial charge in [0.05, 0.1) is 22.4 Å². The number of ether oxygens (including phenoxy) is 1. The van der Waals surface area contributed by atoms with Crippen molar-refractivity contribution in [3.8, 4) is 0 Å². The zero-order chi connectivity index (χ0) is 22.0. The fraction of sp³-hybridized carbons (Fsp3) is 0.640. The van der Waals surface area contributed by atoms with E-state index in [9.17, 15) is 0 Å². The number of aromatic nitrogens is 3. The van der Waals surface area contributed by atoms with Gasteiger partial charge in [-0.05, 0) is 43.9 Å². The van der Waals surface area contributed by atoms with E-state index in [1.54, 1.807) is 17.7 Å². The van der Waals surface area contributed by atoms with Crippen LogP contribution in [0.15, 0.2) is 11.4 Å². The molecule has 3 aromatic rings. The second kappa shape index (κ2) is 9.72. The van der Waals surface area contributed by atoms with E-state index in [0.717, 1.165) is 34.0 Å². The van der Waals surface area contributed by atoms with Crippen LogP contribution in [0.2, 0.25) is 0 Å². The van der Waals surface area contributed by atoms with Gasteiger partial charge in [0.1, 0.15) is 16.2 Å². The SMILES string of the molecule is CCCCCCCSc1ncnc2c1sc1nc(CC(C)C)c3c(c12)CC(C)(C)OC3. The first-order chi connectivity index (χ1) is 14.9. The maximum atomic E-state index is 6.20. The molecule has 6 heteroatoms. The lowest BCUT2D eigenvalue weighted by molar-refractivity contribution is -0.0402. The Kier molecular flexibility index (Phi) is 7.19. The Labute approximate surface area is 194 Å². The van der Waals surface area contributed by atoms with E-state index in [2.05, 4.69) is 39.6 Å². The van der Waals surface area contributed by atoms with E-state index in [4.69, 9.17) is 14.7 Å². The molecule has 31 heavy (non-hydrogen) atoms. The molecule has 0 radical (unpaired) electrons. The van der Waals surface area contributed by atoms with Crippen molar-refractivity contribution in [1.29, 1.82) is 0 Å². The largest absolute Gasteiger partial charge is 0.370 e. The van der Waals surface area contributed by atoms with Gasteiger partial charge < -0.3 is 4.74 Å². The topological polar surface area (TPSA) is 47.9 Å². The summed E-state index contributed by atoms with van der Waals surface area (Å²) in [4.78, 5) is 15.7. The Bertz CT molecular complexity index is 1060. The van der Waals surface area contributed by atoms with Gasteiger partial charge in [0.15, 0.2) is 0 Å². The summed E-state index contributed by atoms with van der Waals surface area (Å²) in [5.74, 6) is 1.69.